The predicted molar refractivity (Wildman–Crippen MR) is 88.6 cm³/mol. The van der Waals surface area contributed by atoms with Gasteiger partial charge in [0.05, 0.1) is 18.9 Å². The summed E-state index contributed by atoms with van der Waals surface area (Å²) in [4.78, 5) is 4.56. The molecule has 0 atom stereocenters. The molecule has 0 aliphatic carbocycles. The number of nitrogens with zero attached hydrogens (tertiary/aromatic N) is 1. The number of benzene rings is 1. The minimum absolute atomic E-state index is 0.512. The number of ether oxygens (including phenoxy) is 1. The van der Waals surface area contributed by atoms with Crippen molar-refractivity contribution < 1.29 is 4.74 Å². The number of halogens is 1. The van der Waals surface area contributed by atoms with Crippen molar-refractivity contribution in [3.8, 4) is 0 Å². The molecule has 3 nitrogen and oxygen atoms in total. The first-order valence-corrected chi connectivity index (χ1v) is 8.36. The molecule has 21 heavy (non-hydrogen) atoms. The molecule has 0 aliphatic heterocycles. The Balaban J connectivity index is 1.74. The summed E-state index contributed by atoms with van der Waals surface area (Å²) in [7, 11) is 0. The van der Waals surface area contributed by atoms with Crippen LogP contribution in [0.2, 0.25) is 5.02 Å². The second kappa shape index (κ2) is 8.49. The van der Waals surface area contributed by atoms with Crippen LogP contribution in [0.3, 0.4) is 0 Å². The van der Waals surface area contributed by atoms with Gasteiger partial charge in [0.15, 0.2) is 0 Å². The molecular weight excluding hydrogens is 304 g/mol. The molecule has 0 aliphatic rings. The van der Waals surface area contributed by atoms with E-state index in [0.717, 1.165) is 34.4 Å². The summed E-state index contributed by atoms with van der Waals surface area (Å²) in [6, 6.07) is 7.74. The Bertz CT molecular complexity index is 557. The van der Waals surface area contributed by atoms with E-state index in [0.29, 0.717) is 19.1 Å². The molecule has 0 fully saturated rings. The second-order valence-electron chi connectivity index (χ2n) is 5.34. The Kier molecular flexibility index (Phi) is 6.64. The lowest BCUT2D eigenvalue weighted by Gasteiger charge is -2.05. The highest BCUT2D eigenvalue weighted by Gasteiger charge is 2.04. The monoisotopic (exact) mass is 324 g/mol. The first-order valence-electron chi connectivity index (χ1n) is 7.10. The van der Waals surface area contributed by atoms with Gasteiger partial charge in [0, 0.05) is 16.9 Å². The van der Waals surface area contributed by atoms with Gasteiger partial charge < -0.3 is 10.1 Å². The highest BCUT2D eigenvalue weighted by Crippen LogP contribution is 2.17. The van der Waals surface area contributed by atoms with Crippen molar-refractivity contribution in [1.82, 2.24) is 10.3 Å². The molecule has 2 rings (SSSR count). The van der Waals surface area contributed by atoms with Crippen LogP contribution in [0.5, 0.6) is 0 Å². The molecule has 0 radical (unpaired) electrons. The molecule has 1 N–H and O–H groups in total. The van der Waals surface area contributed by atoms with Crippen molar-refractivity contribution in [2.24, 2.45) is 5.92 Å². The summed E-state index contributed by atoms with van der Waals surface area (Å²) in [6.07, 6.45) is 0. The first kappa shape index (κ1) is 16.4. The molecule has 0 unspecified atom stereocenters. The van der Waals surface area contributed by atoms with Gasteiger partial charge in [0.25, 0.3) is 0 Å². The van der Waals surface area contributed by atoms with E-state index in [1.54, 1.807) is 11.3 Å². The first-order chi connectivity index (χ1) is 10.1. The van der Waals surface area contributed by atoms with E-state index in [-0.39, 0.29) is 0 Å². The van der Waals surface area contributed by atoms with Crippen LogP contribution in [0.15, 0.2) is 29.6 Å². The van der Waals surface area contributed by atoms with Crippen molar-refractivity contribution >= 4 is 22.9 Å². The number of hydrogen-bond donors (Lipinski definition) is 1. The average Bonchev–Trinajstić information content (AvgIpc) is 2.88. The Labute approximate surface area is 135 Å². The zero-order valence-corrected chi connectivity index (χ0v) is 14.0. The number of hydrogen-bond acceptors (Lipinski definition) is 4. The number of rotatable bonds is 8. The van der Waals surface area contributed by atoms with Crippen molar-refractivity contribution in [3.05, 3.63) is 50.9 Å². The van der Waals surface area contributed by atoms with E-state index in [1.165, 1.54) is 0 Å². The quantitative estimate of drug-likeness (QED) is 0.788. The van der Waals surface area contributed by atoms with Crippen LogP contribution in [0.25, 0.3) is 0 Å². The maximum Gasteiger partial charge on any atom is 0.107 e. The van der Waals surface area contributed by atoms with Crippen LogP contribution in [0.1, 0.15) is 30.1 Å². The number of aromatic nitrogens is 1. The normalized spacial score (nSPS) is 11.2. The number of nitrogens with one attached hydrogen (secondary N) is 1. The summed E-state index contributed by atoms with van der Waals surface area (Å²) in [5.41, 5.74) is 1.99. The third kappa shape index (κ3) is 5.75. The molecular formula is C16H21ClN2OS. The Morgan fingerprint density at radius 1 is 1.29 bits per heavy atom. The summed E-state index contributed by atoms with van der Waals surface area (Å²) in [6.45, 7) is 7.26. The van der Waals surface area contributed by atoms with E-state index >= 15 is 0 Å². The van der Waals surface area contributed by atoms with Gasteiger partial charge in [-0.15, -0.1) is 11.3 Å². The van der Waals surface area contributed by atoms with Gasteiger partial charge in [0.2, 0.25) is 0 Å². The van der Waals surface area contributed by atoms with Gasteiger partial charge in [0.1, 0.15) is 5.01 Å². The highest BCUT2D eigenvalue weighted by atomic mass is 35.5. The molecule has 0 spiro atoms. The van der Waals surface area contributed by atoms with Gasteiger partial charge in [-0.2, -0.15) is 0 Å². The molecule has 1 aromatic heterocycles. The minimum Gasteiger partial charge on any atom is -0.370 e. The lowest BCUT2D eigenvalue weighted by atomic mass is 10.2. The molecule has 1 heterocycles. The van der Waals surface area contributed by atoms with Gasteiger partial charge in [-0.05, 0) is 24.1 Å². The molecule has 114 valence electrons. The van der Waals surface area contributed by atoms with Gasteiger partial charge in [-0.25, -0.2) is 4.98 Å². The Hall–Kier alpha value is -0.940. The molecule has 1 aromatic carbocycles. The SMILES string of the molecule is CC(C)CNCc1nc(COCc2ccccc2Cl)cs1. The maximum absolute atomic E-state index is 6.09. The van der Waals surface area contributed by atoms with Crippen LogP contribution in [0.4, 0.5) is 0 Å². The van der Waals surface area contributed by atoms with Crippen LogP contribution in [0, 0.1) is 5.92 Å². The van der Waals surface area contributed by atoms with E-state index < -0.39 is 0 Å². The second-order valence-corrected chi connectivity index (χ2v) is 6.69. The standard InChI is InChI=1S/C16H21ClN2OS/c1-12(2)7-18-8-16-19-14(11-21-16)10-20-9-13-5-3-4-6-15(13)17/h3-6,11-12,18H,7-10H2,1-2H3. The largest absolute Gasteiger partial charge is 0.370 e. The topological polar surface area (TPSA) is 34.2 Å². The summed E-state index contributed by atoms with van der Waals surface area (Å²) in [5, 5.41) is 7.30. The average molecular weight is 325 g/mol. The fraction of sp³-hybridized carbons (Fsp3) is 0.438. The lowest BCUT2D eigenvalue weighted by molar-refractivity contribution is 0.105. The van der Waals surface area contributed by atoms with Crippen LogP contribution >= 0.6 is 22.9 Å². The third-order valence-electron chi connectivity index (χ3n) is 2.89. The zero-order valence-electron chi connectivity index (χ0n) is 12.4. The van der Waals surface area contributed by atoms with Crippen molar-refractivity contribution in [3.63, 3.8) is 0 Å². The molecule has 0 bridgehead atoms. The zero-order chi connectivity index (χ0) is 15.1. The highest BCUT2D eigenvalue weighted by molar-refractivity contribution is 7.09. The van der Waals surface area contributed by atoms with E-state index in [4.69, 9.17) is 16.3 Å². The van der Waals surface area contributed by atoms with Crippen molar-refractivity contribution in [2.45, 2.75) is 33.6 Å². The molecule has 2 aromatic rings. The Morgan fingerprint density at radius 3 is 2.86 bits per heavy atom. The molecule has 0 saturated heterocycles. The molecule has 0 amide bonds. The smallest absolute Gasteiger partial charge is 0.107 e. The van der Waals surface area contributed by atoms with Gasteiger partial charge >= 0.3 is 0 Å². The predicted octanol–water partition coefficient (Wildman–Crippen LogP) is 4.26. The van der Waals surface area contributed by atoms with E-state index in [1.807, 2.05) is 24.3 Å². The maximum atomic E-state index is 6.09. The minimum atomic E-state index is 0.512. The van der Waals surface area contributed by atoms with Crippen molar-refractivity contribution in [1.29, 1.82) is 0 Å². The van der Waals surface area contributed by atoms with Gasteiger partial charge in [-0.1, -0.05) is 43.6 Å². The molecule has 5 heteroatoms. The summed E-state index contributed by atoms with van der Waals surface area (Å²) in [5.74, 6) is 0.656. The van der Waals surface area contributed by atoms with Crippen LogP contribution in [-0.4, -0.2) is 11.5 Å². The Morgan fingerprint density at radius 2 is 2.10 bits per heavy atom. The number of thiazole rings is 1. The fourth-order valence-corrected chi connectivity index (χ4v) is 2.78. The molecule has 0 saturated carbocycles. The van der Waals surface area contributed by atoms with Crippen LogP contribution < -0.4 is 5.32 Å². The third-order valence-corrected chi connectivity index (χ3v) is 4.16. The van der Waals surface area contributed by atoms with Crippen LogP contribution in [-0.2, 0) is 24.5 Å². The van der Waals surface area contributed by atoms with Gasteiger partial charge in [-0.3, -0.25) is 0 Å². The summed E-state index contributed by atoms with van der Waals surface area (Å²) < 4.78 is 5.68. The van der Waals surface area contributed by atoms with Crippen molar-refractivity contribution in [2.75, 3.05) is 6.54 Å². The fourth-order valence-electron chi connectivity index (χ4n) is 1.85. The van der Waals surface area contributed by atoms with E-state index in [2.05, 4.69) is 29.5 Å². The lowest BCUT2D eigenvalue weighted by Crippen LogP contribution is -2.18. The van der Waals surface area contributed by atoms with E-state index in [9.17, 15) is 0 Å². The summed E-state index contributed by atoms with van der Waals surface area (Å²) >= 11 is 7.76.